The number of alkyl halides is 3. The highest BCUT2D eigenvalue weighted by Gasteiger charge is 2.43. The van der Waals surface area contributed by atoms with Gasteiger partial charge in [0, 0.05) is 86.3 Å². The van der Waals surface area contributed by atoms with Gasteiger partial charge in [0.15, 0.2) is 0 Å². The fourth-order valence-electron chi connectivity index (χ4n) is 5.99. The number of nitrogens with one attached hydrogen (secondary N) is 1. The molecule has 3 N–H and O–H groups in total. The van der Waals surface area contributed by atoms with E-state index in [2.05, 4.69) is 36.1 Å². The lowest BCUT2D eigenvalue weighted by Crippen LogP contribution is -2.49. The molecule has 3 fully saturated rings. The number of morpholine rings is 1. The van der Waals surface area contributed by atoms with Crippen LogP contribution in [0.15, 0.2) is 54.4 Å². The number of aromatic nitrogens is 4. The minimum atomic E-state index is -4.53. The molecule has 1 aliphatic carbocycles. The Balaban J connectivity index is 0.993. The second-order valence-corrected chi connectivity index (χ2v) is 13.3. The lowest BCUT2D eigenvalue weighted by atomic mass is 10.1. The Morgan fingerprint density at radius 1 is 0.980 bits per heavy atom. The molecule has 2 amide bonds. The normalized spacial score (nSPS) is 17.4. The minimum absolute atomic E-state index is 0.0411. The summed E-state index contributed by atoms with van der Waals surface area (Å²) in [6, 6.07) is 9.05. The van der Waals surface area contributed by atoms with Crippen molar-refractivity contribution in [3.63, 3.8) is 0 Å². The van der Waals surface area contributed by atoms with E-state index in [1.807, 2.05) is 11.0 Å². The van der Waals surface area contributed by atoms with Crippen LogP contribution in [0.25, 0.3) is 21.5 Å². The molecule has 2 saturated heterocycles. The number of thiazole rings is 1. The largest absolute Gasteiger partial charge is 0.413 e. The number of amides is 2. The molecular weight excluding hydrogens is 659 g/mol. The first-order valence-corrected chi connectivity index (χ1v) is 16.9. The number of pyridine rings is 1. The van der Waals surface area contributed by atoms with Crippen molar-refractivity contribution in [3.05, 3.63) is 59.4 Å². The fourth-order valence-corrected chi connectivity index (χ4v) is 6.92. The lowest BCUT2D eigenvalue weighted by molar-refractivity contribution is -0.130. The van der Waals surface area contributed by atoms with Crippen molar-refractivity contribution >= 4 is 56.5 Å². The molecule has 0 bridgehead atoms. The second kappa shape index (κ2) is 13.6. The van der Waals surface area contributed by atoms with Crippen LogP contribution in [0.1, 0.15) is 17.8 Å². The highest BCUT2D eigenvalue weighted by Crippen LogP contribution is 2.44. The van der Waals surface area contributed by atoms with Crippen LogP contribution >= 0.6 is 11.3 Å². The molecule has 3 aliphatic rings. The summed E-state index contributed by atoms with van der Waals surface area (Å²) < 4.78 is 46.3. The molecule has 7 rings (SSSR count). The van der Waals surface area contributed by atoms with E-state index in [1.54, 1.807) is 30.6 Å². The molecule has 49 heavy (non-hydrogen) atoms. The second-order valence-electron chi connectivity index (χ2n) is 12.2. The number of allylic oxidation sites excluding steroid dienone is 1. The van der Waals surface area contributed by atoms with E-state index in [1.165, 1.54) is 11.3 Å². The van der Waals surface area contributed by atoms with Gasteiger partial charge in [0.05, 0.1) is 35.5 Å². The van der Waals surface area contributed by atoms with Crippen molar-refractivity contribution in [2.24, 2.45) is 5.92 Å². The molecular formula is C33H34F3N9O3S. The number of nitrogen functional groups attached to an aromatic ring is 1. The van der Waals surface area contributed by atoms with Crippen molar-refractivity contribution in [3.8, 4) is 11.3 Å². The van der Waals surface area contributed by atoms with Gasteiger partial charge in [-0.05, 0) is 43.0 Å². The van der Waals surface area contributed by atoms with E-state index < -0.39 is 23.6 Å². The highest BCUT2D eigenvalue weighted by molar-refractivity contribution is 7.18. The van der Waals surface area contributed by atoms with Gasteiger partial charge in [-0.1, -0.05) is 0 Å². The number of anilines is 4. The molecule has 0 spiro atoms. The average Bonchev–Trinajstić information content (AvgIpc) is 3.86. The van der Waals surface area contributed by atoms with E-state index in [4.69, 9.17) is 15.5 Å². The third-order valence-electron chi connectivity index (χ3n) is 8.73. The Labute approximate surface area is 283 Å². The van der Waals surface area contributed by atoms with Gasteiger partial charge in [-0.3, -0.25) is 9.59 Å². The van der Waals surface area contributed by atoms with Gasteiger partial charge in [0.25, 0.3) is 0 Å². The molecule has 256 valence electrons. The van der Waals surface area contributed by atoms with Crippen LogP contribution in [0.3, 0.4) is 0 Å². The maximum absolute atomic E-state index is 13.3. The maximum atomic E-state index is 13.3. The van der Waals surface area contributed by atoms with Crippen LogP contribution in [0.4, 0.5) is 36.3 Å². The number of nitrogens with zero attached hydrogens (tertiary/aromatic N) is 7. The molecule has 5 heterocycles. The Bertz CT molecular complexity index is 1880. The molecule has 0 unspecified atom stereocenters. The van der Waals surface area contributed by atoms with Gasteiger partial charge in [-0.15, -0.1) is 11.3 Å². The zero-order valence-electron chi connectivity index (χ0n) is 26.4. The number of nitrogens with two attached hydrogens (primary N) is 1. The predicted octanol–water partition coefficient (Wildman–Crippen LogP) is 4.30. The first kappa shape index (κ1) is 32.7. The van der Waals surface area contributed by atoms with Crippen molar-refractivity contribution in [2.45, 2.75) is 25.4 Å². The van der Waals surface area contributed by atoms with Gasteiger partial charge in [-0.25, -0.2) is 19.9 Å². The summed E-state index contributed by atoms with van der Waals surface area (Å²) in [5, 5.41) is 3.15. The number of carbonyl (C=O) groups is 2. The lowest BCUT2D eigenvalue weighted by Gasteiger charge is -2.37. The Morgan fingerprint density at radius 3 is 2.41 bits per heavy atom. The molecule has 16 heteroatoms. The minimum Gasteiger partial charge on any atom is -0.378 e. The van der Waals surface area contributed by atoms with Crippen molar-refractivity contribution in [1.29, 1.82) is 0 Å². The quantitative estimate of drug-likeness (QED) is 0.257. The predicted molar refractivity (Wildman–Crippen MR) is 180 cm³/mol. The highest BCUT2D eigenvalue weighted by atomic mass is 32.1. The topological polar surface area (TPSA) is 143 Å². The number of hydrogen-bond acceptors (Lipinski definition) is 11. The van der Waals surface area contributed by atoms with Crippen LogP contribution in [0.2, 0.25) is 0 Å². The van der Waals surface area contributed by atoms with Crippen LogP contribution in [0, 0.1) is 5.92 Å². The van der Waals surface area contributed by atoms with Gasteiger partial charge < -0.3 is 30.5 Å². The van der Waals surface area contributed by atoms with Gasteiger partial charge in [0.2, 0.25) is 17.8 Å². The third-order valence-corrected chi connectivity index (χ3v) is 9.77. The third kappa shape index (κ3) is 7.75. The number of hydrogen-bond donors (Lipinski definition) is 2. The Morgan fingerprint density at radius 2 is 1.71 bits per heavy atom. The number of rotatable bonds is 8. The van der Waals surface area contributed by atoms with E-state index in [0.29, 0.717) is 74.5 Å². The van der Waals surface area contributed by atoms with Crippen LogP contribution in [0.5, 0.6) is 0 Å². The average molecular weight is 694 g/mol. The first-order chi connectivity index (χ1) is 23.6. The summed E-state index contributed by atoms with van der Waals surface area (Å²) in [6.07, 6.45) is 0.430. The van der Waals surface area contributed by atoms with Gasteiger partial charge >= 0.3 is 6.18 Å². The number of fused-ring (bicyclic) bond motifs is 1. The monoisotopic (exact) mass is 693 g/mol. The molecule has 12 nitrogen and oxygen atoms in total. The van der Waals surface area contributed by atoms with Gasteiger partial charge in [0.1, 0.15) is 10.8 Å². The van der Waals surface area contributed by atoms with Crippen LogP contribution in [-0.2, 0) is 20.7 Å². The molecule has 1 aromatic carbocycles. The molecule has 0 radical (unpaired) electrons. The molecule has 2 aliphatic heterocycles. The molecule has 4 aromatic rings. The van der Waals surface area contributed by atoms with E-state index >= 15 is 0 Å². The summed E-state index contributed by atoms with van der Waals surface area (Å²) in [6.45, 7) is 5.05. The van der Waals surface area contributed by atoms with E-state index in [-0.39, 0.29) is 18.3 Å². The Hall–Kier alpha value is -4.83. The summed E-state index contributed by atoms with van der Waals surface area (Å²) >= 11 is 1.38. The van der Waals surface area contributed by atoms with Crippen LogP contribution < -0.4 is 20.9 Å². The van der Waals surface area contributed by atoms with E-state index in [0.717, 1.165) is 40.6 Å². The number of ether oxygens (including phenoxy) is 1. The Kier molecular flexibility index (Phi) is 9.07. The summed E-state index contributed by atoms with van der Waals surface area (Å²) in [7, 11) is 0. The molecule has 0 atom stereocenters. The molecule has 3 aromatic heterocycles. The SMILES string of the molecule is Nc1ncc(-c2cc(N3CCN(C(=O)Cc4nc5cc(NC(=O)/C=C(\C6CC6)C(F)(F)F)ccc5s4)CC3)cc(N3CCOCC3)n2)cn1. The first-order valence-electron chi connectivity index (χ1n) is 16.0. The van der Waals surface area contributed by atoms with Gasteiger partial charge in [-0.2, -0.15) is 13.2 Å². The number of piperazine rings is 1. The standard InChI is InChI=1S/C33H34F3N9O3S/c34-33(35,36)24(20-1-2-20)16-29(46)40-22-3-4-27-26(13-22)42-30(49-27)17-31(47)45-7-5-43(6-8-45)23-14-25(21-18-38-32(37)39-19-21)41-28(15-23)44-9-11-48-12-10-44/h3-4,13-16,18-20H,1-2,5-12,17H2,(H,40,46)(H2,37,38,39)/b24-16+. The maximum Gasteiger partial charge on any atom is 0.413 e. The van der Waals surface area contributed by atoms with Crippen LogP contribution in [-0.4, -0.2) is 95.3 Å². The number of carbonyl (C=O) groups excluding carboxylic acids is 2. The fraction of sp³-hybridized carbons (Fsp3) is 0.394. The van der Waals surface area contributed by atoms with Crippen molar-refractivity contribution in [1.82, 2.24) is 24.8 Å². The van der Waals surface area contributed by atoms with Crippen molar-refractivity contribution < 1.29 is 27.5 Å². The van der Waals surface area contributed by atoms with Crippen molar-refractivity contribution in [2.75, 3.05) is 73.3 Å². The summed E-state index contributed by atoms with van der Waals surface area (Å²) in [5.41, 5.74) is 8.29. The summed E-state index contributed by atoms with van der Waals surface area (Å²) in [4.78, 5) is 49.7. The molecule has 1 saturated carbocycles. The number of halogens is 3. The smallest absolute Gasteiger partial charge is 0.378 e. The summed E-state index contributed by atoms with van der Waals surface area (Å²) in [5.74, 6) is -0.451. The van der Waals surface area contributed by atoms with E-state index in [9.17, 15) is 22.8 Å². The number of benzene rings is 1. The zero-order valence-corrected chi connectivity index (χ0v) is 27.3. The zero-order chi connectivity index (χ0) is 34.1.